The Bertz CT molecular complexity index is 701. The van der Waals surface area contributed by atoms with Gasteiger partial charge in [-0.15, -0.1) is 0 Å². The van der Waals surface area contributed by atoms with Crippen molar-refractivity contribution >= 4 is 17.5 Å². The first-order chi connectivity index (χ1) is 11.1. The van der Waals surface area contributed by atoms with Crippen molar-refractivity contribution < 1.29 is 4.79 Å². The minimum atomic E-state index is 0.158. The summed E-state index contributed by atoms with van der Waals surface area (Å²) in [4.78, 5) is 22.4. The number of amides is 1. The molecule has 120 valence electrons. The number of anilines is 2. The number of aromatic nitrogens is 2. The van der Waals surface area contributed by atoms with Gasteiger partial charge in [-0.2, -0.15) is 0 Å². The zero-order valence-corrected chi connectivity index (χ0v) is 13.6. The molecule has 0 bridgehead atoms. The lowest BCUT2D eigenvalue weighted by Crippen LogP contribution is -2.37. The molecule has 3 rings (SSSR count). The SMILES string of the molecule is CC(=O)N1CCC[C@@H](c2ccnc(Nc3cccc(C)n3)c2)C1. The van der Waals surface area contributed by atoms with Crippen LogP contribution in [0.5, 0.6) is 0 Å². The first-order valence-electron chi connectivity index (χ1n) is 8.04. The van der Waals surface area contributed by atoms with Crippen molar-refractivity contribution in [1.29, 1.82) is 0 Å². The number of nitrogens with one attached hydrogen (secondary N) is 1. The zero-order valence-electron chi connectivity index (χ0n) is 13.6. The molecule has 0 saturated carbocycles. The van der Waals surface area contributed by atoms with Crippen LogP contribution in [0.4, 0.5) is 11.6 Å². The molecule has 1 fully saturated rings. The van der Waals surface area contributed by atoms with Crippen LogP contribution in [-0.2, 0) is 4.79 Å². The molecule has 0 unspecified atom stereocenters. The average molecular weight is 310 g/mol. The molecule has 5 heteroatoms. The first kappa shape index (κ1) is 15.5. The van der Waals surface area contributed by atoms with E-state index in [1.807, 2.05) is 42.3 Å². The van der Waals surface area contributed by atoms with Crippen molar-refractivity contribution in [3.05, 3.63) is 47.8 Å². The molecule has 1 N–H and O–H groups in total. The Kier molecular flexibility index (Phi) is 4.55. The van der Waals surface area contributed by atoms with Crippen molar-refractivity contribution in [2.75, 3.05) is 18.4 Å². The van der Waals surface area contributed by atoms with Crippen LogP contribution in [0, 0.1) is 6.92 Å². The van der Waals surface area contributed by atoms with Gasteiger partial charge in [-0.25, -0.2) is 9.97 Å². The van der Waals surface area contributed by atoms with E-state index in [2.05, 4.69) is 21.4 Å². The molecule has 1 atom stereocenters. The van der Waals surface area contributed by atoms with Gasteiger partial charge in [0.15, 0.2) is 0 Å². The molecule has 1 aliphatic rings. The predicted molar refractivity (Wildman–Crippen MR) is 90.7 cm³/mol. The Balaban J connectivity index is 1.75. The third-order valence-electron chi connectivity index (χ3n) is 4.27. The lowest BCUT2D eigenvalue weighted by Gasteiger charge is -2.32. The van der Waals surface area contributed by atoms with Gasteiger partial charge in [-0.3, -0.25) is 4.79 Å². The lowest BCUT2D eigenvalue weighted by atomic mass is 9.91. The van der Waals surface area contributed by atoms with Crippen LogP contribution in [0.15, 0.2) is 36.5 Å². The molecular formula is C18H22N4O. The molecule has 0 aromatic carbocycles. The van der Waals surface area contributed by atoms with Crippen molar-refractivity contribution in [1.82, 2.24) is 14.9 Å². The third kappa shape index (κ3) is 3.86. The maximum atomic E-state index is 11.6. The van der Waals surface area contributed by atoms with Gasteiger partial charge in [-0.1, -0.05) is 6.07 Å². The molecular weight excluding hydrogens is 288 g/mol. The van der Waals surface area contributed by atoms with E-state index < -0.39 is 0 Å². The zero-order chi connectivity index (χ0) is 16.2. The first-order valence-corrected chi connectivity index (χ1v) is 8.04. The number of rotatable bonds is 3. The molecule has 1 amide bonds. The summed E-state index contributed by atoms with van der Waals surface area (Å²) in [6.07, 6.45) is 3.98. The monoisotopic (exact) mass is 310 g/mol. The van der Waals surface area contributed by atoms with Crippen LogP contribution in [0.2, 0.25) is 0 Å². The van der Waals surface area contributed by atoms with Gasteiger partial charge < -0.3 is 10.2 Å². The molecule has 2 aromatic heterocycles. The second-order valence-corrected chi connectivity index (χ2v) is 6.07. The number of hydrogen-bond donors (Lipinski definition) is 1. The van der Waals surface area contributed by atoms with Crippen molar-refractivity contribution in [3.63, 3.8) is 0 Å². The minimum absolute atomic E-state index is 0.158. The van der Waals surface area contributed by atoms with Crippen LogP contribution in [-0.4, -0.2) is 33.9 Å². The second-order valence-electron chi connectivity index (χ2n) is 6.07. The van der Waals surface area contributed by atoms with Crippen LogP contribution in [0.25, 0.3) is 0 Å². The van der Waals surface area contributed by atoms with E-state index in [0.29, 0.717) is 5.92 Å². The highest BCUT2D eigenvalue weighted by Crippen LogP contribution is 2.28. The Morgan fingerprint density at radius 3 is 2.96 bits per heavy atom. The molecule has 2 aromatic rings. The van der Waals surface area contributed by atoms with E-state index >= 15 is 0 Å². The quantitative estimate of drug-likeness (QED) is 0.945. The number of hydrogen-bond acceptors (Lipinski definition) is 4. The summed E-state index contributed by atoms with van der Waals surface area (Å²) >= 11 is 0. The summed E-state index contributed by atoms with van der Waals surface area (Å²) in [5, 5.41) is 3.26. The normalized spacial score (nSPS) is 17.8. The number of aryl methyl sites for hydroxylation is 1. The summed E-state index contributed by atoms with van der Waals surface area (Å²) in [5.41, 5.74) is 2.19. The maximum Gasteiger partial charge on any atom is 0.219 e. The van der Waals surface area contributed by atoms with E-state index in [9.17, 15) is 4.79 Å². The summed E-state index contributed by atoms with van der Waals surface area (Å²) in [5.74, 6) is 2.12. The summed E-state index contributed by atoms with van der Waals surface area (Å²) < 4.78 is 0. The molecule has 0 spiro atoms. The summed E-state index contributed by atoms with van der Waals surface area (Å²) in [7, 11) is 0. The topological polar surface area (TPSA) is 58.1 Å². The molecule has 3 heterocycles. The largest absolute Gasteiger partial charge is 0.342 e. The predicted octanol–water partition coefficient (Wildman–Crippen LogP) is 3.25. The van der Waals surface area contributed by atoms with Gasteiger partial charge in [0, 0.05) is 37.8 Å². The van der Waals surface area contributed by atoms with Crippen molar-refractivity contribution in [3.8, 4) is 0 Å². The number of carbonyl (C=O) groups excluding carboxylic acids is 1. The Labute approximate surface area is 136 Å². The number of pyridine rings is 2. The highest BCUT2D eigenvalue weighted by Gasteiger charge is 2.23. The fraction of sp³-hybridized carbons (Fsp3) is 0.389. The van der Waals surface area contributed by atoms with E-state index in [1.165, 1.54) is 5.56 Å². The Morgan fingerprint density at radius 1 is 1.30 bits per heavy atom. The number of piperidine rings is 1. The van der Waals surface area contributed by atoms with Crippen LogP contribution in [0.1, 0.15) is 36.9 Å². The molecule has 0 aliphatic carbocycles. The average Bonchev–Trinajstić information content (AvgIpc) is 2.55. The third-order valence-corrected chi connectivity index (χ3v) is 4.27. The number of carbonyl (C=O) groups is 1. The Morgan fingerprint density at radius 2 is 2.17 bits per heavy atom. The minimum Gasteiger partial charge on any atom is -0.342 e. The van der Waals surface area contributed by atoms with E-state index in [1.54, 1.807) is 6.92 Å². The lowest BCUT2D eigenvalue weighted by molar-refractivity contribution is -0.130. The Hall–Kier alpha value is -2.43. The van der Waals surface area contributed by atoms with Crippen LogP contribution >= 0.6 is 0 Å². The van der Waals surface area contributed by atoms with E-state index in [4.69, 9.17) is 0 Å². The van der Waals surface area contributed by atoms with Gasteiger partial charge in [0.1, 0.15) is 11.6 Å². The molecule has 23 heavy (non-hydrogen) atoms. The standard InChI is InChI=1S/C18H22N4O/c1-13-5-3-7-17(20-13)21-18-11-15(8-9-19-18)16-6-4-10-22(12-16)14(2)23/h3,5,7-9,11,16H,4,6,10,12H2,1-2H3,(H,19,20,21)/t16-/m1/s1. The maximum absolute atomic E-state index is 11.6. The molecule has 1 saturated heterocycles. The van der Waals surface area contributed by atoms with Gasteiger partial charge in [0.05, 0.1) is 0 Å². The van der Waals surface area contributed by atoms with Gasteiger partial charge in [0.2, 0.25) is 5.91 Å². The van der Waals surface area contributed by atoms with Gasteiger partial charge >= 0.3 is 0 Å². The molecule has 1 aliphatic heterocycles. The number of nitrogens with zero attached hydrogens (tertiary/aromatic N) is 3. The van der Waals surface area contributed by atoms with Gasteiger partial charge in [-0.05, 0) is 49.6 Å². The highest BCUT2D eigenvalue weighted by atomic mass is 16.2. The number of likely N-dealkylation sites (tertiary alicyclic amines) is 1. The van der Waals surface area contributed by atoms with Crippen LogP contribution in [0.3, 0.4) is 0 Å². The van der Waals surface area contributed by atoms with Crippen molar-refractivity contribution in [2.24, 2.45) is 0 Å². The molecule has 0 radical (unpaired) electrons. The summed E-state index contributed by atoms with van der Waals surface area (Å²) in [6, 6.07) is 9.98. The second kappa shape index (κ2) is 6.77. The van der Waals surface area contributed by atoms with E-state index in [-0.39, 0.29) is 5.91 Å². The van der Waals surface area contributed by atoms with Crippen LogP contribution < -0.4 is 5.32 Å². The van der Waals surface area contributed by atoms with E-state index in [0.717, 1.165) is 43.3 Å². The fourth-order valence-electron chi connectivity index (χ4n) is 3.05. The fourth-order valence-corrected chi connectivity index (χ4v) is 3.05. The van der Waals surface area contributed by atoms with Crippen molar-refractivity contribution in [2.45, 2.75) is 32.6 Å². The molecule has 5 nitrogen and oxygen atoms in total. The highest BCUT2D eigenvalue weighted by molar-refractivity contribution is 5.73. The van der Waals surface area contributed by atoms with Gasteiger partial charge in [0.25, 0.3) is 0 Å². The summed E-state index contributed by atoms with van der Waals surface area (Å²) in [6.45, 7) is 5.27. The smallest absolute Gasteiger partial charge is 0.219 e.